The Morgan fingerprint density at radius 1 is 1.14 bits per heavy atom. The molecule has 0 unspecified atom stereocenters. The number of tetrazole rings is 1. The molecule has 4 heterocycles. The molecule has 8 heteroatoms. The van der Waals surface area contributed by atoms with Gasteiger partial charge in [-0.25, -0.2) is 4.68 Å². The molecule has 0 saturated carbocycles. The number of aromatic amines is 1. The lowest BCUT2D eigenvalue weighted by Crippen LogP contribution is -2.39. The van der Waals surface area contributed by atoms with E-state index in [0.717, 1.165) is 55.4 Å². The maximum absolute atomic E-state index is 13.5. The Morgan fingerprint density at radius 2 is 1.97 bits per heavy atom. The van der Waals surface area contributed by atoms with Crippen molar-refractivity contribution in [1.29, 1.82) is 0 Å². The second-order valence-electron chi connectivity index (χ2n) is 9.82. The molecule has 0 aliphatic carbocycles. The highest BCUT2D eigenvalue weighted by Gasteiger charge is 2.33. The molecule has 1 saturated heterocycles. The summed E-state index contributed by atoms with van der Waals surface area (Å²) < 4.78 is 7.71. The van der Waals surface area contributed by atoms with E-state index in [0.29, 0.717) is 17.9 Å². The summed E-state index contributed by atoms with van der Waals surface area (Å²) in [6.07, 6.45) is 3.07. The maximum atomic E-state index is 13.5. The van der Waals surface area contributed by atoms with Crippen LogP contribution in [0.3, 0.4) is 0 Å². The third kappa shape index (κ3) is 4.17. The highest BCUT2D eigenvalue weighted by molar-refractivity contribution is 5.81. The number of hydrogen-bond acceptors (Lipinski definition) is 6. The fraction of sp³-hybridized carbons (Fsp3) is 0.407. The highest BCUT2D eigenvalue weighted by atomic mass is 16.5. The summed E-state index contributed by atoms with van der Waals surface area (Å²) in [6, 6.07) is 14.4. The summed E-state index contributed by atoms with van der Waals surface area (Å²) in [5.41, 5.74) is 6.42. The smallest absolute Gasteiger partial charge is 0.253 e. The molecule has 2 aromatic carbocycles. The van der Waals surface area contributed by atoms with Gasteiger partial charge in [-0.1, -0.05) is 24.3 Å². The normalized spacial score (nSPS) is 19.2. The third-order valence-corrected chi connectivity index (χ3v) is 7.51. The molecule has 0 radical (unpaired) electrons. The van der Waals surface area contributed by atoms with Crippen LogP contribution in [0.4, 0.5) is 0 Å². The van der Waals surface area contributed by atoms with Crippen molar-refractivity contribution < 1.29 is 4.74 Å². The minimum absolute atomic E-state index is 0.0977. The van der Waals surface area contributed by atoms with Crippen molar-refractivity contribution in [3.05, 3.63) is 86.5 Å². The molecule has 8 nitrogen and oxygen atoms in total. The van der Waals surface area contributed by atoms with Gasteiger partial charge in [-0.15, -0.1) is 5.10 Å². The number of hydrogen-bond donors (Lipinski definition) is 1. The number of aryl methyl sites for hydroxylation is 2. The van der Waals surface area contributed by atoms with Crippen molar-refractivity contribution in [1.82, 2.24) is 30.1 Å². The van der Waals surface area contributed by atoms with E-state index >= 15 is 0 Å². The van der Waals surface area contributed by atoms with Gasteiger partial charge in [0.25, 0.3) is 5.56 Å². The number of aromatic nitrogens is 5. The van der Waals surface area contributed by atoms with E-state index in [9.17, 15) is 4.79 Å². The quantitative estimate of drug-likeness (QED) is 0.481. The van der Waals surface area contributed by atoms with Crippen LogP contribution in [0, 0.1) is 13.8 Å². The summed E-state index contributed by atoms with van der Waals surface area (Å²) in [5, 5.41) is 13.8. The molecular weight excluding hydrogens is 440 g/mol. The van der Waals surface area contributed by atoms with Crippen LogP contribution in [0.25, 0.3) is 10.9 Å². The zero-order valence-corrected chi connectivity index (χ0v) is 20.2. The van der Waals surface area contributed by atoms with Crippen LogP contribution < -0.4 is 5.56 Å². The molecule has 0 bridgehead atoms. The zero-order valence-electron chi connectivity index (χ0n) is 20.2. The van der Waals surface area contributed by atoms with Crippen LogP contribution in [0.15, 0.2) is 47.3 Å². The Balaban J connectivity index is 1.47. The molecule has 180 valence electrons. The van der Waals surface area contributed by atoms with Crippen LogP contribution in [0.1, 0.15) is 52.5 Å². The summed E-state index contributed by atoms with van der Waals surface area (Å²) in [5.74, 6) is 0.688. The van der Waals surface area contributed by atoms with E-state index in [-0.39, 0.29) is 17.7 Å². The summed E-state index contributed by atoms with van der Waals surface area (Å²) in [6.45, 7) is 7.08. The average Bonchev–Trinajstić information content (AvgIpc) is 3.54. The molecule has 0 spiro atoms. The molecule has 6 rings (SSSR count). The first-order chi connectivity index (χ1) is 17.1. The highest BCUT2D eigenvalue weighted by Crippen LogP contribution is 2.32. The van der Waals surface area contributed by atoms with Gasteiger partial charge < -0.3 is 9.72 Å². The second kappa shape index (κ2) is 9.02. The van der Waals surface area contributed by atoms with Crippen molar-refractivity contribution >= 4 is 10.9 Å². The fourth-order valence-corrected chi connectivity index (χ4v) is 5.45. The number of nitrogens with one attached hydrogen (secondary N) is 1. The van der Waals surface area contributed by atoms with Crippen molar-refractivity contribution in [2.45, 2.75) is 58.3 Å². The minimum atomic E-state index is -0.366. The Bertz CT molecular complexity index is 1440. The molecule has 2 atom stereocenters. The molecule has 1 fully saturated rings. The molecular formula is C27H30N6O2. The van der Waals surface area contributed by atoms with Crippen LogP contribution in [0.2, 0.25) is 0 Å². The Kier molecular flexibility index (Phi) is 5.70. The van der Waals surface area contributed by atoms with Gasteiger partial charge in [0.05, 0.1) is 12.6 Å². The lowest BCUT2D eigenvalue weighted by atomic mass is 9.95. The van der Waals surface area contributed by atoms with Gasteiger partial charge in [0.1, 0.15) is 6.04 Å². The third-order valence-electron chi connectivity index (χ3n) is 7.51. The Labute approximate surface area is 203 Å². The second-order valence-corrected chi connectivity index (χ2v) is 9.82. The van der Waals surface area contributed by atoms with Crippen molar-refractivity contribution in [3.8, 4) is 0 Å². The van der Waals surface area contributed by atoms with Gasteiger partial charge in [-0.2, -0.15) is 0 Å². The van der Waals surface area contributed by atoms with Gasteiger partial charge in [0, 0.05) is 30.8 Å². The molecule has 2 aromatic heterocycles. The molecule has 35 heavy (non-hydrogen) atoms. The van der Waals surface area contributed by atoms with Crippen LogP contribution in [0.5, 0.6) is 0 Å². The Morgan fingerprint density at radius 3 is 2.80 bits per heavy atom. The molecule has 1 N–H and O–H groups in total. The number of ether oxygens (including phenoxy) is 1. The van der Waals surface area contributed by atoms with Gasteiger partial charge in [0.2, 0.25) is 0 Å². The van der Waals surface area contributed by atoms with Gasteiger partial charge in [-0.3, -0.25) is 9.69 Å². The van der Waals surface area contributed by atoms with E-state index in [1.54, 1.807) is 0 Å². The predicted molar refractivity (Wildman–Crippen MR) is 133 cm³/mol. The van der Waals surface area contributed by atoms with E-state index in [4.69, 9.17) is 4.74 Å². The van der Waals surface area contributed by atoms with Crippen molar-refractivity contribution in [2.75, 3.05) is 13.2 Å². The van der Waals surface area contributed by atoms with E-state index in [2.05, 4.69) is 69.6 Å². The van der Waals surface area contributed by atoms with Crippen molar-refractivity contribution in [2.24, 2.45) is 0 Å². The monoisotopic (exact) mass is 470 g/mol. The van der Waals surface area contributed by atoms with Gasteiger partial charge in [0.15, 0.2) is 5.82 Å². The van der Waals surface area contributed by atoms with E-state index in [1.165, 1.54) is 16.7 Å². The van der Waals surface area contributed by atoms with Crippen LogP contribution in [-0.4, -0.2) is 49.3 Å². The lowest BCUT2D eigenvalue weighted by molar-refractivity contribution is 0.0904. The van der Waals surface area contributed by atoms with Crippen LogP contribution in [-0.2, 0) is 24.2 Å². The zero-order chi connectivity index (χ0) is 23.9. The first-order valence-electron chi connectivity index (χ1n) is 12.4. The molecule has 2 aliphatic heterocycles. The number of H-pyrrole nitrogens is 1. The summed E-state index contributed by atoms with van der Waals surface area (Å²) >= 11 is 0. The molecule has 2 aliphatic rings. The first-order valence-corrected chi connectivity index (χ1v) is 12.4. The van der Waals surface area contributed by atoms with Gasteiger partial charge in [-0.05, 0) is 89.4 Å². The van der Waals surface area contributed by atoms with Crippen LogP contribution >= 0.6 is 0 Å². The predicted octanol–water partition coefficient (Wildman–Crippen LogP) is 3.46. The molecule has 0 amide bonds. The lowest BCUT2D eigenvalue weighted by Gasteiger charge is -2.35. The molecule has 4 aromatic rings. The Hall–Kier alpha value is -3.36. The van der Waals surface area contributed by atoms with Gasteiger partial charge >= 0.3 is 0 Å². The van der Waals surface area contributed by atoms with E-state index in [1.807, 2.05) is 16.8 Å². The fourth-order valence-electron chi connectivity index (χ4n) is 5.45. The summed E-state index contributed by atoms with van der Waals surface area (Å²) in [7, 11) is 0. The SMILES string of the molecule is Cc1cc2cc([C@@H](c3nnnn3C[C@H]3CCCO3)N3CCc4ccccc4C3)c(=O)[nH]c2cc1C. The number of fused-ring (bicyclic) bond motifs is 2. The average molecular weight is 471 g/mol. The minimum Gasteiger partial charge on any atom is -0.376 e. The number of nitrogens with zero attached hydrogens (tertiary/aromatic N) is 5. The van der Waals surface area contributed by atoms with E-state index < -0.39 is 0 Å². The largest absolute Gasteiger partial charge is 0.376 e. The maximum Gasteiger partial charge on any atom is 0.253 e. The summed E-state index contributed by atoms with van der Waals surface area (Å²) in [4.78, 5) is 19.0. The number of pyridine rings is 1. The van der Waals surface area contributed by atoms with Crippen molar-refractivity contribution in [3.63, 3.8) is 0 Å². The first kappa shape index (κ1) is 22.1. The topological polar surface area (TPSA) is 88.9 Å². The standard InChI is InChI=1S/C27H30N6O2/c1-17-12-21-14-23(27(34)28-24(21)13-18(17)2)25(32-10-9-19-6-3-4-7-20(19)15-32)26-29-30-31-33(26)16-22-8-5-11-35-22/h3-4,6-7,12-14,22,25H,5,8-11,15-16H2,1-2H3,(H,28,34)/t22-,25+/m1/s1. The number of rotatable bonds is 5. The number of benzene rings is 2.